The van der Waals surface area contributed by atoms with Gasteiger partial charge < -0.3 is 13.9 Å². The fraction of sp³-hybridized carbons (Fsp3) is 0.0870. The van der Waals surface area contributed by atoms with E-state index in [9.17, 15) is 0 Å². The average Bonchev–Trinajstić information content (AvgIpc) is 3.69. The van der Waals surface area contributed by atoms with E-state index in [0.29, 0.717) is 0 Å². The van der Waals surface area contributed by atoms with Gasteiger partial charge in [-0.05, 0) is 101 Å². The van der Waals surface area contributed by atoms with Crippen molar-refractivity contribution >= 4 is 60.8 Å². The summed E-state index contributed by atoms with van der Waals surface area (Å²) in [7, 11) is 0. The van der Waals surface area contributed by atoms with E-state index in [4.69, 9.17) is 4.42 Å². The van der Waals surface area contributed by atoms with Crippen molar-refractivity contribution in [1.82, 2.24) is 4.57 Å². The molecule has 9 aromatic rings. The van der Waals surface area contributed by atoms with Crippen molar-refractivity contribution < 1.29 is 4.42 Å². The third kappa shape index (κ3) is 3.96. The first-order valence-electron chi connectivity index (χ1n) is 17.0. The fourth-order valence-electron chi connectivity index (χ4n) is 8.39. The Labute approximate surface area is 285 Å². The highest BCUT2D eigenvalue weighted by Gasteiger charge is 2.40. The van der Waals surface area contributed by atoms with Crippen LogP contribution >= 0.6 is 0 Å². The summed E-state index contributed by atoms with van der Waals surface area (Å²) in [4.78, 5) is 2.45. The van der Waals surface area contributed by atoms with Crippen LogP contribution in [-0.4, -0.2) is 4.57 Å². The number of anilines is 3. The molecule has 1 aliphatic heterocycles. The second-order valence-corrected chi connectivity index (χ2v) is 13.8. The minimum atomic E-state index is -0.308. The third-order valence-electron chi connectivity index (χ3n) is 10.6. The third-order valence-corrected chi connectivity index (χ3v) is 10.6. The van der Waals surface area contributed by atoms with Gasteiger partial charge in [-0.15, -0.1) is 0 Å². The van der Waals surface area contributed by atoms with E-state index in [1.165, 1.54) is 71.9 Å². The molecule has 0 amide bonds. The quantitative estimate of drug-likeness (QED) is 0.194. The number of hydrogen-bond acceptors (Lipinski definition) is 2. The lowest BCUT2D eigenvalue weighted by Crippen LogP contribution is -2.31. The van der Waals surface area contributed by atoms with Crippen molar-refractivity contribution in [3.63, 3.8) is 0 Å². The SMILES string of the molecule is Cc1cc2c(c3c1oc1ccccc13)C(C)(C)c1cc(-c3ccc4c(c3)c3ccccc3n4-c3ccccc3)ccc1N2c1ccccc1. The second kappa shape index (κ2) is 10.2. The van der Waals surface area contributed by atoms with E-state index in [-0.39, 0.29) is 5.41 Å². The molecule has 0 atom stereocenters. The summed E-state index contributed by atoms with van der Waals surface area (Å²) in [6.45, 7) is 6.93. The molecule has 0 saturated carbocycles. The molecule has 0 unspecified atom stereocenters. The number of para-hydroxylation sites is 4. The van der Waals surface area contributed by atoms with Crippen LogP contribution < -0.4 is 4.90 Å². The van der Waals surface area contributed by atoms with Crippen molar-refractivity contribution in [1.29, 1.82) is 0 Å². The van der Waals surface area contributed by atoms with Gasteiger partial charge in [0.25, 0.3) is 0 Å². The molecule has 0 aliphatic carbocycles. The van der Waals surface area contributed by atoms with Gasteiger partial charge >= 0.3 is 0 Å². The van der Waals surface area contributed by atoms with Gasteiger partial charge in [0.2, 0.25) is 0 Å². The molecule has 10 rings (SSSR count). The van der Waals surface area contributed by atoms with Gasteiger partial charge in [-0.2, -0.15) is 0 Å². The summed E-state index contributed by atoms with van der Waals surface area (Å²) in [5.74, 6) is 0. The first kappa shape index (κ1) is 28.0. The van der Waals surface area contributed by atoms with Gasteiger partial charge in [0.05, 0.1) is 22.4 Å². The molecule has 7 aromatic carbocycles. The molecule has 0 N–H and O–H groups in total. The summed E-state index contributed by atoms with van der Waals surface area (Å²) in [6.07, 6.45) is 0. The Morgan fingerprint density at radius 2 is 1.16 bits per heavy atom. The second-order valence-electron chi connectivity index (χ2n) is 13.8. The Balaban J connectivity index is 1.22. The predicted molar refractivity (Wildman–Crippen MR) is 205 cm³/mol. The van der Waals surface area contributed by atoms with Crippen LogP contribution in [-0.2, 0) is 5.41 Å². The maximum Gasteiger partial charge on any atom is 0.138 e. The normalized spacial score (nSPS) is 13.7. The number of aryl methyl sites for hydroxylation is 1. The van der Waals surface area contributed by atoms with Crippen LogP contribution in [0.1, 0.15) is 30.5 Å². The smallest absolute Gasteiger partial charge is 0.138 e. The van der Waals surface area contributed by atoms with E-state index in [2.05, 4.69) is 182 Å². The zero-order chi connectivity index (χ0) is 32.9. The molecule has 2 aromatic heterocycles. The van der Waals surface area contributed by atoms with Gasteiger partial charge in [0, 0.05) is 38.3 Å². The molecule has 0 radical (unpaired) electrons. The standard InChI is InChI=1S/C46H34N2O/c1-29-26-41-44(43-35-19-11-13-21-42(35)49-45(29)43)46(2,3)37-28-31(23-25-40(37)48(41)33-16-8-5-9-17-33)30-22-24-39-36(27-30)34-18-10-12-20-38(34)47(39)32-14-6-4-7-15-32/h4-28H,1-3H3. The molecule has 1 aliphatic rings. The topological polar surface area (TPSA) is 21.3 Å². The minimum Gasteiger partial charge on any atom is -0.456 e. The van der Waals surface area contributed by atoms with Gasteiger partial charge in [-0.25, -0.2) is 0 Å². The fourth-order valence-corrected chi connectivity index (χ4v) is 8.39. The summed E-state index contributed by atoms with van der Waals surface area (Å²) in [5.41, 5.74) is 14.9. The Hall–Kier alpha value is -6.06. The molecule has 234 valence electrons. The zero-order valence-corrected chi connectivity index (χ0v) is 27.7. The Bertz CT molecular complexity index is 2750. The highest BCUT2D eigenvalue weighted by atomic mass is 16.3. The molecular formula is C46H34N2O. The molecule has 3 nitrogen and oxygen atoms in total. The zero-order valence-electron chi connectivity index (χ0n) is 27.7. The summed E-state index contributed by atoms with van der Waals surface area (Å²) >= 11 is 0. The van der Waals surface area contributed by atoms with E-state index >= 15 is 0 Å². The van der Waals surface area contributed by atoms with Crippen LogP contribution in [0.2, 0.25) is 0 Å². The number of hydrogen-bond donors (Lipinski definition) is 0. The Morgan fingerprint density at radius 1 is 0.531 bits per heavy atom. The summed E-state index contributed by atoms with van der Waals surface area (Å²) < 4.78 is 8.93. The maximum absolute atomic E-state index is 6.55. The van der Waals surface area contributed by atoms with Crippen molar-refractivity contribution in [2.45, 2.75) is 26.2 Å². The number of rotatable bonds is 3. The van der Waals surface area contributed by atoms with Gasteiger partial charge in [-0.3, -0.25) is 0 Å². The molecule has 0 fully saturated rings. The van der Waals surface area contributed by atoms with Crippen LogP contribution in [0.5, 0.6) is 0 Å². The maximum atomic E-state index is 6.55. The molecule has 0 saturated heterocycles. The van der Waals surface area contributed by atoms with Gasteiger partial charge in [0.15, 0.2) is 0 Å². The Morgan fingerprint density at radius 3 is 1.96 bits per heavy atom. The number of fused-ring (bicyclic) bond motifs is 9. The van der Waals surface area contributed by atoms with Crippen LogP contribution in [0.15, 0.2) is 156 Å². The molecule has 0 bridgehead atoms. The highest BCUT2D eigenvalue weighted by Crippen LogP contribution is 2.56. The summed E-state index contributed by atoms with van der Waals surface area (Å²) in [6, 6.07) is 55.0. The van der Waals surface area contributed by atoms with E-state index < -0.39 is 0 Å². The first-order chi connectivity index (χ1) is 24.0. The van der Waals surface area contributed by atoms with Crippen molar-refractivity contribution in [3.8, 4) is 16.8 Å². The lowest BCUT2D eigenvalue weighted by atomic mass is 9.71. The molecule has 3 heterocycles. The van der Waals surface area contributed by atoms with Crippen molar-refractivity contribution in [3.05, 3.63) is 168 Å². The van der Waals surface area contributed by atoms with Crippen LogP contribution in [0.25, 0.3) is 60.6 Å². The number of aromatic nitrogens is 1. The molecule has 49 heavy (non-hydrogen) atoms. The lowest BCUT2D eigenvalue weighted by molar-refractivity contribution is 0.633. The first-order valence-corrected chi connectivity index (χ1v) is 17.0. The van der Waals surface area contributed by atoms with Crippen LogP contribution in [0.3, 0.4) is 0 Å². The average molecular weight is 631 g/mol. The number of furan rings is 1. The number of benzene rings is 7. The molecule has 0 spiro atoms. The molecule has 3 heteroatoms. The van der Waals surface area contributed by atoms with Gasteiger partial charge in [-0.1, -0.05) is 98.8 Å². The van der Waals surface area contributed by atoms with Crippen molar-refractivity contribution in [2.75, 3.05) is 4.90 Å². The number of nitrogens with zero attached hydrogens (tertiary/aromatic N) is 2. The van der Waals surface area contributed by atoms with E-state index in [1.807, 2.05) is 0 Å². The summed E-state index contributed by atoms with van der Waals surface area (Å²) in [5, 5.41) is 4.89. The Kier molecular flexibility index (Phi) is 5.84. The van der Waals surface area contributed by atoms with Crippen LogP contribution in [0, 0.1) is 6.92 Å². The van der Waals surface area contributed by atoms with Gasteiger partial charge in [0.1, 0.15) is 11.2 Å². The minimum absolute atomic E-state index is 0.308. The predicted octanol–water partition coefficient (Wildman–Crippen LogP) is 12.8. The van der Waals surface area contributed by atoms with Crippen molar-refractivity contribution in [2.24, 2.45) is 0 Å². The van der Waals surface area contributed by atoms with E-state index in [0.717, 1.165) is 22.4 Å². The lowest BCUT2D eigenvalue weighted by Gasteiger charge is -2.43. The highest BCUT2D eigenvalue weighted by molar-refractivity contribution is 6.13. The van der Waals surface area contributed by atoms with Crippen LogP contribution in [0.4, 0.5) is 17.1 Å². The largest absolute Gasteiger partial charge is 0.456 e. The van der Waals surface area contributed by atoms with E-state index in [1.54, 1.807) is 0 Å². The monoisotopic (exact) mass is 630 g/mol. The molecular weight excluding hydrogens is 597 g/mol.